The van der Waals surface area contributed by atoms with Gasteiger partial charge in [0.1, 0.15) is 6.07 Å². The van der Waals surface area contributed by atoms with Gasteiger partial charge in [0.2, 0.25) is 0 Å². The molecule has 1 aliphatic rings. The van der Waals surface area contributed by atoms with E-state index in [2.05, 4.69) is 16.5 Å². The van der Waals surface area contributed by atoms with Gasteiger partial charge < -0.3 is 10.6 Å². The third-order valence-corrected chi connectivity index (χ3v) is 4.90. The van der Waals surface area contributed by atoms with Crippen LogP contribution in [0.25, 0.3) is 5.70 Å². The molecule has 2 N–H and O–H groups in total. The lowest BCUT2D eigenvalue weighted by molar-refractivity contribution is 0.0750. The first-order valence-electron chi connectivity index (χ1n) is 8.29. The van der Waals surface area contributed by atoms with Crippen LogP contribution in [0.4, 0.5) is 10.1 Å². The topological polar surface area (TPSA) is 65.9 Å². The highest BCUT2D eigenvalue weighted by Gasteiger charge is 2.37. The number of aryl methyl sites for hydroxylation is 1. The number of rotatable bonds is 3. The summed E-state index contributed by atoms with van der Waals surface area (Å²) in [6.07, 6.45) is 2.11. The SMILES string of the molecule is C=C(c1ccc(C)c(N)c1)N1CCC(F)(c2ccc(C#N)cn2)CC1. The first-order chi connectivity index (χ1) is 11.9. The van der Waals surface area contributed by atoms with E-state index >= 15 is 4.39 Å². The van der Waals surface area contributed by atoms with E-state index in [0.717, 1.165) is 22.5 Å². The first kappa shape index (κ1) is 17.0. The van der Waals surface area contributed by atoms with Crippen molar-refractivity contribution in [3.63, 3.8) is 0 Å². The van der Waals surface area contributed by atoms with E-state index in [1.54, 1.807) is 12.1 Å². The molecule has 5 heteroatoms. The van der Waals surface area contributed by atoms with Crippen molar-refractivity contribution in [3.8, 4) is 6.07 Å². The number of alkyl halides is 1. The molecule has 0 aliphatic carbocycles. The summed E-state index contributed by atoms with van der Waals surface area (Å²) < 4.78 is 15.3. The van der Waals surface area contributed by atoms with E-state index in [-0.39, 0.29) is 0 Å². The van der Waals surface area contributed by atoms with E-state index in [1.165, 1.54) is 6.20 Å². The summed E-state index contributed by atoms with van der Waals surface area (Å²) in [6.45, 7) is 7.24. The Morgan fingerprint density at radius 2 is 2.04 bits per heavy atom. The van der Waals surface area contributed by atoms with Crippen molar-refractivity contribution in [2.24, 2.45) is 0 Å². The first-order valence-corrected chi connectivity index (χ1v) is 8.29. The van der Waals surface area contributed by atoms with Gasteiger partial charge in [0, 0.05) is 43.5 Å². The van der Waals surface area contributed by atoms with Crippen molar-refractivity contribution < 1.29 is 4.39 Å². The van der Waals surface area contributed by atoms with Gasteiger partial charge in [-0.3, -0.25) is 4.98 Å². The summed E-state index contributed by atoms with van der Waals surface area (Å²) in [4.78, 5) is 6.23. The molecule has 1 saturated heterocycles. The fraction of sp³-hybridized carbons (Fsp3) is 0.300. The van der Waals surface area contributed by atoms with Crippen LogP contribution in [0.15, 0.2) is 43.1 Å². The highest BCUT2D eigenvalue weighted by molar-refractivity contribution is 5.66. The molecule has 0 bridgehead atoms. The molecule has 0 saturated carbocycles. The van der Waals surface area contributed by atoms with Gasteiger partial charge in [-0.1, -0.05) is 18.7 Å². The molecule has 25 heavy (non-hydrogen) atoms. The van der Waals surface area contributed by atoms with Gasteiger partial charge >= 0.3 is 0 Å². The molecule has 0 atom stereocenters. The zero-order chi connectivity index (χ0) is 18.0. The average molecular weight is 336 g/mol. The molecule has 0 spiro atoms. The normalized spacial score (nSPS) is 16.3. The van der Waals surface area contributed by atoms with E-state index in [4.69, 9.17) is 11.0 Å². The molecular formula is C20H21FN4. The molecule has 2 heterocycles. The zero-order valence-corrected chi connectivity index (χ0v) is 14.3. The zero-order valence-electron chi connectivity index (χ0n) is 14.3. The van der Waals surface area contributed by atoms with Gasteiger partial charge in [0.25, 0.3) is 0 Å². The van der Waals surface area contributed by atoms with Crippen LogP contribution < -0.4 is 5.73 Å². The molecule has 0 unspecified atom stereocenters. The van der Waals surface area contributed by atoms with Crippen molar-refractivity contribution >= 4 is 11.4 Å². The Kier molecular flexibility index (Phi) is 4.45. The molecule has 0 radical (unpaired) electrons. The van der Waals surface area contributed by atoms with Crippen molar-refractivity contribution in [2.75, 3.05) is 18.8 Å². The Hall–Kier alpha value is -2.87. The van der Waals surface area contributed by atoms with E-state index in [1.807, 2.05) is 31.2 Å². The van der Waals surface area contributed by atoms with Crippen LogP contribution >= 0.6 is 0 Å². The number of hydrogen-bond acceptors (Lipinski definition) is 4. The number of nitriles is 1. The Morgan fingerprint density at radius 1 is 1.32 bits per heavy atom. The van der Waals surface area contributed by atoms with Crippen molar-refractivity contribution in [1.82, 2.24) is 9.88 Å². The minimum Gasteiger partial charge on any atom is -0.398 e. The number of likely N-dealkylation sites (tertiary alicyclic amines) is 1. The number of benzene rings is 1. The molecule has 1 aromatic carbocycles. The van der Waals surface area contributed by atoms with Crippen LogP contribution in [0.3, 0.4) is 0 Å². The standard InChI is InChI=1S/C20H21FN4/c1-14-3-5-17(11-18(14)23)15(2)25-9-7-20(21,8-10-25)19-6-4-16(12-22)13-24-19/h3-6,11,13H,2,7-10,23H2,1H3. The maximum atomic E-state index is 15.3. The molecule has 1 aromatic heterocycles. The molecule has 3 rings (SSSR count). The average Bonchev–Trinajstić information content (AvgIpc) is 2.64. The van der Waals surface area contributed by atoms with Crippen LogP contribution in [-0.2, 0) is 5.67 Å². The van der Waals surface area contributed by atoms with Crippen LogP contribution in [0.5, 0.6) is 0 Å². The Balaban J connectivity index is 1.71. The molecule has 1 fully saturated rings. The van der Waals surface area contributed by atoms with Gasteiger partial charge in [-0.15, -0.1) is 0 Å². The van der Waals surface area contributed by atoms with Crippen LogP contribution in [-0.4, -0.2) is 23.0 Å². The Morgan fingerprint density at radius 3 is 2.60 bits per heavy atom. The number of anilines is 1. The predicted molar refractivity (Wildman–Crippen MR) is 97.2 cm³/mol. The van der Waals surface area contributed by atoms with Crippen molar-refractivity contribution in [1.29, 1.82) is 5.26 Å². The minimum atomic E-state index is -1.46. The second-order valence-corrected chi connectivity index (χ2v) is 6.51. The number of halogens is 1. The summed E-state index contributed by atoms with van der Waals surface area (Å²) in [6, 6.07) is 11.1. The van der Waals surface area contributed by atoms with Crippen molar-refractivity contribution in [2.45, 2.75) is 25.4 Å². The molecule has 4 nitrogen and oxygen atoms in total. The Labute approximate surface area is 147 Å². The largest absolute Gasteiger partial charge is 0.398 e. The number of nitrogens with zero attached hydrogens (tertiary/aromatic N) is 3. The van der Waals surface area contributed by atoms with E-state index < -0.39 is 5.67 Å². The number of aromatic nitrogens is 1. The van der Waals surface area contributed by atoms with Crippen molar-refractivity contribution in [3.05, 3.63) is 65.5 Å². The van der Waals surface area contributed by atoms with Crippen LogP contribution in [0.1, 0.15) is 35.2 Å². The molecular weight excluding hydrogens is 315 g/mol. The number of hydrogen-bond donors (Lipinski definition) is 1. The van der Waals surface area contributed by atoms with Gasteiger partial charge in [-0.25, -0.2) is 4.39 Å². The maximum absolute atomic E-state index is 15.3. The summed E-state index contributed by atoms with van der Waals surface area (Å²) in [5.41, 5.74) is 8.95. The minimum absolute atomic E-state index is 0.340. The third-order valence-electron chi connectivity index (χ3n) is 4.90. The number of piperidine rings is 1. The number of nitrogen functional groups attached to an aromatic ring is 1. The van der Waals surface area contributed by atoms with Gasteiger partial charge in [-0.2, -0.15) is 5.26 Å². The monoisotopic (exact) mass is 336 g/mol. The smallest absolute Gasteiger partial charge is 0.156 e. The number of nitrogens with two attached hydrogens (primary N) is 1. The molecule has 0 amide bonds. The summed E-state index contributed by atoms with van der Waals surface area (Å²) in [7, 11) is 0. The van der Waals surface area contributed by atoms with E-state index in [0.29, 0.717) is 37.2 Å². The van der Waals surface area contributed by atoms with Gasteiger partial charge in [-0.05, 0) is 36.2 Å². The second kappa shape index (κ2) is 6.56. The highest BCUT2D eigenvalue weighted by Crippen LogP contribution is 2.38. The molecule has 1 aliphatic heterocycles. The van der Waals surface area contributed by atoms with Crippen LogP contribution in [0.2, 0.25) is 0 Å². The quantitative estimate of drug-likeness (QED) is 0.866. The van der Waals surface area contributed by atoms with Crippen LogP contribution in [0, 0.1) is 18.3 Å². The fourth-order valence-electron chi connectivity index (χ4n) is 3.11. The second-order valence-electron chi connectivity index (χ2n) is 6.51. The van der Waals surface area contributed by atoms with E-state index in [9.17, 15) is 0 Å². The highest BCUT2D eigenvalue weighted by atomic mass is 19.1. The predicted octanol–water partition coefficient (Wildman–Crippen LogP) is 3.78. The third kappa shape index (κ3) is 3.34. The lowest BCUT2D eigenvalue weighted by Crippen LogP contribution is -2.39. The fourth-order valence-corrected chi connectivity index (χ4v) is 3.11. The summed E-state index contributed by atoms with van der Waals surface area (Å²) >= 11 is 0. The summed E-state index contributed by atoms with van der Waals surface area (Å²) in [5, 5.41) is 8.83. The molecule has 2 aromatic rings. The maximum Gasteiger partial charge on any atom is 0.156 e. The summed E-state index contributed by atoms with van der Waals surface area (Å²) in [5.74, 6) is 0. The van der Waals surface area contributed by atoms with Gasteiger partial charge in [0.15, 0.2) is 5.67 Å². The molecule has 128 valence electrons. The van der Waals surface area contributed by atoms with Gasteiger partial charge in [0.05, 0.1) is 11.3 Å². The lowest BCUT2D eigenvalue weighted by Gasteiger charge is -2.38. The Bertz CT molecular complexity index is 828. The lowest BCUT2D eigenvalue weighted by atomic mass is 9.89. The number of pyridine rings is 1.